The number of nitrogens with two attached hydrogens (primary N) is 1. The van der Waals surface area contributed by atoms with Gasteiger partial charge in [-0.15, -0.1) is 0 Å². The third kappa shape index (κ3) is 4.02. The predicted octanol–water partition coefficient (Wildman–Crippen LogP) is 5.63. The molecule has 4 aliphatic rings. The Hall–Kier alpha value is -1.98. The second-order valence-electron chi connectivity index (χ2n) is 13.8. The van der Waals surface area contributed by atoms with Crippen molar-refractivity contribution in [3.63, 3.8) is 0 Å². The standard InChI is InChI=1S/C33H47NO4/c1-19-24-12-15-32(5)28(31(24,4)14-13-26(19)37)17-25(34)30-29(27(38-21(3)36)18-33(30,32)6)23(20(2)35)16-22-10-8-7-9-11-22/h7-11,19,24-28,30,37H,12-18,34H2,1-6H3/b29-23+/t19-,24-,25-,26+,27-,28-,30-,31-,32-,33-/m0/s1. The molecule has 0 radical (unpaired) electrons. The number of ether oxygens (including phenoxy) is 1. The summed E-state index contributed by atoms with van der Waals surface area (Å²) in [5.41, 5.74) is 9.93. The van der Waals surface area contributed by atoms with Crippen LogP contribution in [0.3, 0.4) is 0 Å². The molecule has 1 aromatic rings. The number of fused-ring (bicyclic) bond motifs is 5. The van der Waals surface area contributed by atoms with Crippen LogP contribution in [0.4, 0.5) is 0 Å². The number of hydrogen-bond donors (Lipinski definition) is 2. The molecule has 5 nitrogen and oxygen atoms in total. The normalized spacial score (nSPS) is 45.4. The van der Waals surface area contributed by atoms with Crippen LogP contribution in [-0.4, -0.2) is 35.1 Å². The van der Waals surface area contributed by atoms with Crippen LogP contribution in [0.5, 0.6) is 0 Å². The summed E-state index contributed by atoms with van der Waals surface area (Å²) in [6.07, 6.45) is 5.54. The third-order valence-electron chi connectivity index (χ3n) is 12.1. The lowest BCUT2D eigenvalue weighted by molar-refractivity contribution is -0.201. The van der Waals surface area contributed by atoms with Crippen LogP contribution in [0, 0.1) is 39.9 Å². The first kappa shape index (κ1) is 27.6. The van der Waals surface area contributed by atoms with Crippen molar-refractivity contribution < 1.29 is 19.4 Å². The minimum Gasteiger partial charge on any atom is -0.458 e. The molecule has 208 valence electrons. The number of aliphatic hydroxyl groups is 1. The van der Waals surface area contributed by atoms with Crippen molar-refractivity contribution in [1.29, 1.82) is 0 Å². The Morgan fingerprint density at radius 3 is 2.37 bits per heavy atom. The molecule has 10 atom stereocenters. The molecule has 5 rings (SSSR count). The van der Waals surface area contributed by atoms with Gasteiger partial charge in [-0.25, -0.2) is 0 Å². The smallest absolute Gasteiger partial charge is 0.303 e. The zero-order chi connectivity index (χ0) is 27.6. The summed E-state index contributed by atoms with van der Waals surface area (Å²) in [6, 6.07) is 9.97. The van der Waals surface area contributed by atoms with E-state index in [1.165, 1.54) is 6.92 Å². The van der Waals surface area contributed by atoms with Gasteiger partial charge < -0.3 is 15.6 Å². The molecular weight excluding hydrogens is 474 g/mol. The van der Waals surface area contributed by atoms with E-state index in [0.29, 0.717) is 30.6 Å². The van der Waals surface area contributed by atoms with Crippen molar-refractivity contribution in [1.82, 2.24) is 0 Å². The van der Waals surface area contributed by atoms with Crippen LogP contribution in [0.2, 0.25) is 0 Å². The average molecular weight is 522 g/mol. The molecule has 4 saturated carbocycles. The summed E-state index contributed by atoms with van der Waals surface area (Å²) in [5, 5.41) is 10.7. The van der Waals surface area contributed by atoms with Gasteiger partial charge in [0.05, 0.1) is 6.10 Å². The number of Topliss-reactive ketones (excluding diaryl/α,β-unsaturated/α-hetero) is 1. The lowest BCUT2D eigenvalue weighted by Gasteiger charge is -2.68. The minimum atomic E-state index is -0.427. The molecule has 0 aliphatic heterocycles. The zero-order valence-corrected chi connectivity index (χ0v) is 24.1. The van der Waals surface area contributed by atoms with Crippen molar-refractivity contribution in [3.05, 3.63) is 47.0 Å². The Labute approximate surface area is 228 Å². The van der Waals surface area contributed by atoms with E-state index in [2.05, 4.69) is 39.8 Å². The molecule has 0 saturated heterocycles. The minimum absolute atomic E-state index is 0.00437. The molecule has 0 amide bonds. The lowest BCUT2D eigenvalue weighted by Crippen LogP contribution is -2.65. The van der Waals surface area contributed by atoms with Gasteiger partial charge in [0.2, 0.25) is 0 Å². The number of aliphatic hydroxyl groups excluding tert-OH is 1. The highest BCUT2D eigenvalue weighted by atomic mass is 16.5. The monoisotopic (exact) mass is 521 g/mol. The number of benzene rings is 1. The average Bonchev–Trinajstić information content (AvgIpc) is 3.15. The van der Waals surface area contributed by atoms with Gasteiger partial charge in [0, 0.05) is 30.9 Å². The highest BCUT2D eigenvalue weighted by Crippen LogP contribution is 2.74. The Morgan fingerprint density at radius 2 is 1.74 bits per heavy atom. The summed E-state index contributed by atoms with van der Waals surface area (Å²) in [6.45, 7) is 12.6. The van der Waals surface area contributed by atoms with Crippen LogP contribution >= 0.6 is 0 Å². The van der Waals surface area contributed by atoms with Crippen molar-refractivity contribution in [3.8, 4) is 0 Å². The fourth-order valence-corrected chi connectivity index (χ4v) is 10.2. The molecule has 3 N–H and O–H groups in total. The van der Waals surface area contributed by atoms with Gasteiger partial charge in [-0.05, 0) is 90.6 Å². The number of ketones is 1. The topological polar surface area (TPSA) is 89.6 Å². The number of esters is 1. The van der Waals surface area contributed by atoms with Crippen molar-refractivity contribution in [2.45, 2.75) is 105 Å². The van der Waals surface area contributed by atoms with Gasteiger partial charge >= 0.3 is 5.97 Å². The van der Waals surface area contributed by atoms with E-state index in [-0.39, 0.29) is 46.1 Å². The zero-order valence-electron chi connectivity index (χ0n) is 24.1. The quantitative estimate of drug-likeness (QED) is 0.396. The van der Waals surface area contributed by atoms with Crippen LogP contribution < -0.4 is 5.73 Å². The van der Waals surface area contributed by atoms with E-state index in [4.69, 9.17) is 10.5 Å². The third-order valence-corrected chi connectivity index (χ3v) is 12.1. The van der Waals surface area contributed by atoms with E-state index >= 15 is 0 Å². The summed E-state index contributed by atoms with van der Waals surface area (Å²) in [4.78, 5) is 25.6. The van der Waals surface area contributed by atoms with Gasteiger partial charge in [0.25, 0.3) is 0 Å². The molecule has 0 unspecified atom stereocenters. The maximum atomic E-state index is 13.3. The largest absolute Gasteiger partial charge is 0.458 e. The second kappa shape index (κ2) is 9.59. The van der Waals surface area contributed by atoms with Crippen LogP contribution in [0.25, 0.3) is 0 Å². The number of allylic oxidation sites excluding steroid dienone is 1. The summed E-state index contributed by atoms with van der Waals surface area (Å²) >= 11 is 0. The maximum Gasteiger partial charge on any atom is 0.303 e. The highest BCUT2D eigenvalue weighted by Gasteiger charge is 2.70. The molecule has 4 fully saturated rings. The molecule has 1 aromatic carbocycles. The van der Waals surface area contributed by atoms with E-state index in [1.807, 2.05) is 18.2 Å². The van der Waals surface area contributed by atoms with Crippen LogP contribution in [0.15, 0.2) is 41.5 Å². The van der Waals surface area contributed by atoms with Gasteiger partial charge in [0.1, 0.15) is 6.10 Å². The van der Waals surface area contributed by atoms with Crippen molar-refractivity contribution in [2.24, 2.45) is 45.7 Å². The molecule has 5 heteroatoms. The van der Waals surface area contributed by atoms with Crippen LogP contribution in [0.1, 0.15) is 85.6 Å². The molecule has 0 bridgehead atoms. The van der Waals surface area contributed by atoms with E-state index in [0.717, 1.165) is 48.8 Å². The van der Waals surface area contributed by atoms with Gasteiger partial charge in [-0.3, -0.25) is 9.59 Å². The first-order valence-corrected chi connectivity index (χ1v) is 14.7. The number of carbonyl (C=O) groups is 2. The Morgan fingerprint density at radius 1 is 1.05 bits per heavy atom. The van der Waals surface area contributed by atoms with Gasteiger partial charge in [0.15, 0.2) is 5.78 Å². The van der Waals surface area contributed by atoms with E-state index < -0.39 is 6.10 Å². The summed E-state index contributed by atoms with van der Waals surface area (Å²) in [7, 11) is 0. The molecule has 0 heterocycles. The fraction of sp³-hybridized carbons (Fsp3) is 0.697. The van der Waals surface area contributed by atoms with Crippen LogP contribution in [-0.2, 0) is 20.7 Å². The van der Waals surface area contributed by atoms with Gasteiger partial charge in [-0.1, -0.05) is 58.0 Å². The van der Waals surface area contributed by atoms with Crippen molar-refractivity contribution >= 4 is 11.8 Å². The molecule has 4 aliphatic carbocycles. The highest BCUT2D eigenvalue weighted by molar-refractivity contribution is 5.95. The Bertz CT molecular complexity index is 1130. The first-order chi connectivity index (χ1) is 17.8. The Balaban J connectivity index is 1.63. The second-order valence-corrected chi connectivity index (χ2v) is 13.8. The lowest BCUT2D eigenvalue weighted by atomic mass is 9.36. The van der Waals surface area contributed by atoms with Gasteiger partial charge in [-0.2, -0.15) is 0 Å². The fourth-order valence-electron chi connectivity index (χ4n) is 10.2. The molecule has 0 aromatic heterocycles. The summed E-state index contributed by atoms with van der Waals surface area (Å²) in [5.74, 6) is 0.926. The maximum absolute atomic E-state index is 13.3. The SMILES string of the molecule is CC(=O)O[C@H]1C[C@@]2(C)[C@H](/C1=C(\Cc1ccccc1)C(C)=O)[C@@H](N)C[C@H]1[C@@]3(C)CC[C@@H](O)[C@@H](C)[C@@H]3CC[C@@]12C. The predicted molar refractivity (Wildman–Crippen MR) is 149 cm³/mol. The Kier molecular flexibility index (Phi) is 6.96. The number of carbonyl (C=O) groups excluding carboxylic acids is 2. The molecule has 38 heavy (non-hydrogen) atoms. The van der Waals surface area contributed by atoms with E-state index in [9.17, 15) is 14.7 Å². The molecular formula is C33H47NO4. The van der Waals surface area contributed by atoms with Crippen molar-refractivity contribution in [2.75, 3.05) is 0 Å². The summed E-state index contributed by atoms with van der Waals surface area (Å²) < 4.78 is 6.05. The van der Waals surface area contributed by atoms with E-state index in [1.54, 1.807) is 6.92 Å². The molecule has 0 spiro atoms. The first-order valence-electron chi connectivity index (χ1n) is 14.7. The number of hydrogen-bond acceptors (Lipinski definition) is 5. The number of rotatable bonds is 4.